The number of likely N-dealkylation sites (tertiary alicyclic amines) is 1. The smallest absolute Gasteiger partial charge is 0.190 e. The van der Waals surface area contributed by atoms with Crippen LogP contribution in [0, 0.1) is 0 Å². The molecule has 1 unspecified atom stereocenters. The summed E-state index contributed by atoms with van der Waals surface area (Å²) in [5, 5.41) is 6.81. The zero-order valence-corrected chi connectivity index (χ0v) is 17.0. The van der Waals surface area contributed by atoms with E-state index in [2.05, 4.69) is 20.5 Å². The summed E-state index contributed by atoms with van der Waals surface area (Å²) in [4.78, 5) is 6.90. The number of aliphatic imine (C=N–C) groups is 1. The summed E-state index contributed by atoms with van der Waals surface area (Å²) in [6.45, 7) is 6.66. The van der Waals surface area contributed by atoms with Gasteiger partial charge >= 0.3 is 0 Å². The van der Waals surface area contributed by atoms with Gasteiger partial charge < -0.3 is 20.3 Å². The molecule has 2 aliphatic rings. The lowest BCUT2D eigenvalue weighted by molar-refractivity contribution is 0.105. The fraction of sp³-hybridized carbons (Fsp3) is 0.941. The number of nitrogens with one attached hydrogen (secondary N) is 2. The van der Waals surface area contributed by atoms with E-state index in [1.54, 1.807) is 0 Å². The van der Waals surface area contributed by atoms with E-state index in [1.807, 2.05) is 7.05 Å². The summed E-state index contributed by atoms with van der Waals surface area (Å²) in [5.41, 5.74) is 0. The second kappa shape index (κ2) is 13.2. The van der Waals surface area contributed by atoms with E-state index in [0.717, 1.165) is 32.1 Å². The molecule has 0 saturated carbocycles. The normalized spacial score (nSPS) is 23.2. The molecule has 23 heavy (non-hydrogen) atoms. The van der Waals surface area contributed by atoms with Crippen LogP contribution in [-0.2, 0) is 4.74 Å². The highest BCUT2D eigenvalue weighted by Gasteiger charge is 2.14. The molecule has 2 saturated heterocycles. The topological polar surface area (TPSA) is 48.9 Å². The molecule has 136 valence electrons. The van der Waals surface area contributed by atoms with Gasteiger partial charge in [-0.25, -0.2) is 0 Å². The van der Waals surface area contributed by atoms with E-state index < -0.39 is 0 Å². The van der Waals surface area contributed by atoms with Gasteiger partial charge in [0, 0.05) is 26.7 Å². The summed E-state index contributed by atoms with van der Waals surface area (Å²) < 4.78 is 5.64. The Labute approximate surface area is 159 Å². The Bertz CT molecular complexity index is 314. The lowest BCUT2D eigenvalue weighted by atomic mass is 10.2. The molecule has 1 atom stereocenters. The molecule has 2 N–H and O–H groups in total. The molecule has 0 bridgehead atoms. The quantitative estimate of drug-likeness (QED) is 0.278. The van der Waals surface area contributed by atoms with Gasteiger partial charge in [-0.2, -0.15) is 0 Å². The lowest BCUT2D eigenvalue weighted by Gasteiger charge is -2.20. The van der Waals surface area contributed by atoms with Crippen LogP contribution in [-0.4, -0.2) is 63.3 Å². The fourth-order valence-corrected chi connectivity index (χ4v) is 3.31. The highest BCUT2D eigenvalue weighted by Crippen LogP contribution is 2.14. The minimum atomic E-state index is 0. The zero-order valence-electron chi connectivity index (χ0n) is 14.7. The predicted octanol–water partition coefficient (Wildman–Crippen LogP) is 2.60. The van der Waals surface area contributed by atoms with Crippen LogP contribution in [0.15, 0.2) is 4.99 Å². The van der Waals surface area contributed by atoms with Gasteiger partial charge in [0.15, 0.2) is 5.96 Å². The first-order valence-corrected chi connectivity index (χ1v) is 9.17. The van der Waals surface area contributed by atoms with Crippen molar-refractivity contribution in [3.63, 3.8) is 0 Å². The highest BCUT2D eigenvalue weighted by atomic mass is 127. The van der Waals surface area contributed by atoms with Crippen molar-refractivity contribution in [2.75, 3.05) is 46.4 Å². The number of nitrogens with zero attached hydrogens (tertiary/aromatic N) is 2. The standard InChI is InChI=1S/C17H34N4O.HI/c1-18-17(20-11-9-16-8-6-15-22-16)19-10-7-14-21-12-4-2-3-5-13-21;/h16H,2-15H2,1H3,(H2,18,19,20);1H. The summed E-state index contributed by atoms with van der Waals surface area (Å²) in [5.74, 6) is 0.925. The average Bonchev–Trinajstić information content (AvgIpc) is 2.92. The first-order valence-electron chi connectivity index (χ1n) is 9.17. The third-order valence-electron chi connectivity index (χ3n) is 4.65. The summed E-state index contributed by atoms with van der Waals surface area (Å²) in [6, 6.07) is 0. The van der Waals surface area contributed by atoms with Gasteiger partial charge in [0.05, 0.1) is 6.10 Å². The van der Waals surface area contributed by atoms with Crippen molar-refractivity contribution in [1.29, 1.82) is 0 Å². The van der Waals surface area contributed by atoms with Crippen LogP contribution in [0.5, 0.6) is 0 Å². The van der Waals surface area contributed by atoms with Gasteiger partial charge in [-0.1, -0.05) is 12.8 Å². The number of hydrogen-bond donors (Lipinski definition) is 2. The number of rotatable bonds is 7. The molecular formula is C17H35IN4O. The fourth-order valence-electron chi connectivity index (χ4n) is 3.31. The van der Waals surface area contributed by atoms with E-state index >= 15 is 0 Å². The molecule has 5 nitrogen and oxygen atoms in total. The molecule has 6 heteroatoms. The van der Waals surface area contributed by atoms with Crippen molar-refractivity contribution in [3.05, 3.63) is 0 Å². The van der Waals surface area contributed by atoms with Crippen LogP contribution in [0.4, 0.5) is 0 Å². The molecular weight excluding hydrogens is 403 g/mol. The SMILES string of the molecule is CN=C(NCCCN1CCCCCC1)NCCC1CCCO1.I. The van der Waals surface area contributed by atoms with E-state index in [4.69, 9.17) is 4.74 Å². The Balaban J connectivity index is 0.00000264. The van der Waals surface area contributed by atoms with Gasteiger partial charge in [0.1, 0.15) is 0 Å². The van der Waals surface area contributed by atoms with Gasteiger partial charge in [0.25, 0.3) is 0 Å². The largest absolute Gasteiger partial charge is 0.378 e. The van der Waals surface area contributed by atoms with Gasteiger partial charge in [-0.15, -0.1) is 24.0 Å². The van der Waals surface area contributed by atoms with Crippen molar-refractivity contribution in [2.45, 2.75) is 57.5 Å². The first kappa shape index (κ1) is 21.0. The van der Waals surface area contributed by atoms with Crippen LogP contribution in [0.3, 0.4) is 0 Å². The third kappa shape index (κ3) is 9.10. The molecule has 0 aromatic carbocycles. The Hall–Kier alpha value is -0.0800. The van der Waals surface area contributed by atoms with Gasteiger partial charge in [0.2, 0.25) is 0 Å². The van der Waals surface area contributed by atoms with Gasteiger partial charge in [-0.3, -0.25) is 4.99 Å². The predicted molar refractivity (Wildman–Crippen MR) is 108 cm³/mol. The molecule has 2 rings (SSSR count). The Morgan fingerprint density at radius 3 is 2.48 bits per heavy atom. The Morgan fingerprint density at radius 2 is 1.83 bits per heavy atom. The van der Waals surface area contributed by atoms with E-state index in [1.165, 1.54) is 64.6 Å². The summed E-state index contributed by atoms with van der Waals surface area (Å²) in [6.07, 6.45) is 10.7. The Morgan fingerprint density at radius 1 is 1.09 bits per heavy atom. The van der Waals surface area contributed by atoms with Crippen LogP contribution in [0.2, 0.25) is 0 Å². The third-order valence-corrected chi connectivity index (χ3v) is 4.65. The van der Waals surface area contributed by atoms with Crippen LogP contribution < -0.4 is 10.6 Å². The number of ether oxygens (including phenoxy) is 1. The number of halogens is 1. The number of guanidine groups is 1. The molecule has 0 aliphatic carbocycles. The first-order chi connectivity index (χ1) is 10.9. The van der Waals surface area contributed by atoms with Crippen molar-refractivity contribution in [2.24, 2.45) is 4.99 Å². The minimum Gasteiger partial charge on any atom is -0.378 e. The molecule has 0 radical (unpaired) electrons. The van der Waals surface area contributed by atoms with Crippen LogP contribution >= 0.6 is 24.0 Å². The monoisotopic (exact) mass is 438 g/mol. The molecule has 0 aromatic heterocycles. The maximum Gasteiger partial charge on any atom is 0.190 e. The summed E-state index contributed by atoms with van der Waals surface area (Å²) in [7, 11) is 1.84. The number of hydrogen-bond acceptors (Lipinski definition) is 3. The van der Waals surface area contributed by atoms with E-state index in [0.29, 0.717) is 6.10 Å². The Kier molecular flexibility index (Phi) is 12.1. The molecule has 0 aromatic rings. The van der Waals surface area contributed by atoms with Crippen molar-refractivity contribution in [1.82, 2.24) is 15.5 Å². The van der Waals surface area contributed by atoms with E-state index in [9.17, 15) is 0 Å². The molecule has 2 aliphatic heterocycles. The second-order valence-electron chi connectivity index (χ2n) is 6.46. The lowest BCUT2D eigenvalue weighted by Crippen LogP contribution is -2.40. The average molecular weight is 438 g/mol. The van der Waals surface area contributed by atoms with Gasteiger partial charge in [-0.05, 0) is 58.2 Å². The van der Waals surface area contributed by atoms with Crippen LogP contribution in [0.25, 0.3) is 0 Å². The van der Waals surface area contributed by atoms with Crippen LogP contribution in [0.1, 0.15) is 51.4 Å². The summed E-state index contributed by atoms with van der Waals surface area (Å²) >= 11 is 0. The van der Waals surface area contributed by atoms with E-state index in [-0.39, 0.29) is 24.0 Å². The van der Waals surface area contributed by atoms with Crippen molar-refractivity contribution < 1.29 is 4.74 Å². The van der Waals surface area contributed by atoms with Crippen molar-refractivity contribution >= 4 is 29.9 Å². The molecule has 2 heterocycles. The molecule has 2 fully saturated rings. The highest BCUT2D eigenvalue weighted by molar-refractivity contribution is 14.0. The maximum atomic E-state index is 5.64. The van der Waals surface area contributed by atoms with Crippen molar-refractivity contribution in [3.8, 4) is 0 Å². The maximum absolute atomic E-state index is 5.64. The zero-order chi connectivity index (χ0) is 15.5. The molecule has 0 amide bonds. The molecule has 0 spiro atoms. The second-order valence-corrected chi connectivity index (χ2v) is 6.46. The minimum absolute atomic E-state index is 0.